The minimum absolute atomic E-state index is 0.251. The number of ether oxygens (including phenoxy) is 2. The Labute approximate surface area is 85.1 Å². The number of rotatable bonds is 6. The highest BCUT2D eigenvalue weighted by Gasteiger charge is 2.31. The van der Waals surface area contributed by atoms with Crippen LogP contribution in [0.15, 0.2) is 12.2 Å². The fourth-order valence-corrected chi connectivity index (χ4v) is 1.48. The molecular formula is C11H18O3. The van der Waals surface area contributed by atoms with Gasteiger partial charge in [0.1, 0.15) is 0 Å². The van der Waals surface area contributed by atoms with Crippen LogP contribution in [-0.4, -0.2) is 25.3 Å². The van der Waals surface area contributed by atoms with Gasteiger partial charge in [0.15, 0.2) is 0 Å². The summed E-state index contributed by atoms with van der Waals surface area (Å²) < 4.78 is 10.2. The second-order valence-electron chi connectivity index (χ2n) is 3.50. The maximum absolute atomic E-state index is 11.0. The summed E-state index contributed by atoms with van der Waals surface area (Å²) in [5.74, 6) is 0.299. The van der Waals surface area contributed by atoms with E-state index in [2.05, 4.69) is 6.92 Å². The van der Waals surface area contributed by atoms with Gasteiger partial charge in [0, 0.05) is 6.08 Å². The predicted molar refractivity (Wildman–Crippen MR) is 53.9 cm³/mol. The molecule has 0 bridgehead atoms. The zero-order valence-electron chi connectivity index (χ0n) is 8.86. The summed E-state index contributed by atoms with van der Waals surface area (Å²) in [5.41, 5.74) is 0. The van der Waals surface area contributed by atoms with Crippen LogP contribution >= 0.6 is 0 Å². The van der Waals surface area contributed by atoms with Crippen molar-refractivity contribution in [2.24, 2.45) is 5.92 Å². The van der Waals surface area contributed by atoms with Gasteiger partial charge in [0.25, 0.3) is 0 Å². The van der Waals surface area contributed by atoms with Crippen LogP contribution in [0.25, 0.3) is 0 Å². The molecule has 0 amide bonds. The van der Waals surface area contributed by atoms with Crippen molar-refractivity contribution in [3.8, 4) is 0 Å². The standard InChI is InChI=1S/C11H18O3/c1-3-5-11(12)13-7-6-9(4-2)10-8-14-10/h3,5,9-10H,4,6-8H2,1-2H3. The number of epoxide rings is 1. The number of carbonyl (C=O) groups excluding carboxylic acids is 1. The first-order chi connectivity index (χ1) is 6.77. The Morgan fingerprint density at radius 3 is 2.93 bits per heavy atom. The van der Waals surface area contributed by atoms with Crippen molar-refractivity contribution in [1.82, 2.24) is 0 Å². The van der Waals surface area contributed by atoms with Crippen LogP contribution in [0.5, 0.6) is 0 Å². The lowest BCUT2D eigenvalue weighted by molar-refractivity contribution is -0.138. The fourth-order valence-electron chi connectivity index (χ4n) is 1.48. The maximum Gasteiger partial charge on any atom is 0.330 e. The molecule has 0 aliphatic carbocycles. The lowest BCUT2D eigenvalue weighted by Gasteiger charge is -2.10. The maximum atomic E-state index is 11.0. The summed E-state index contributed by atoms with van der Waals surface area (Å²) in [6.45, 7) is 5.32. The molecule has 0 aromatic rings. The molecule has 0 saturated carbocycles. The molecule has 0 aromatic carbocycles. The van der Waals surface area contributed by atoms with E-state index in [4.69, 9.17) is 9.47 Å². The summed E-state index contributed by atoms with van der Waals surface area (Å²) >= 11 is 0. The number of hydrogen-bond acceptors (Lipinski definition) is 3. The lowest BCUT2D eigenvalue weighted by Crippen LogP contribution is -2.12. The molecule has 0 radical (unpaired) electrons. The van der Waals surface area contributed by atoms with E-state index < -0.39 is 0 Å². The Balaban J connectivity index is 2.09. The van der Waals surface area contributed by atoms with Crippen LogP contribution in [0, 0.1) is 5.92 Å². The number of hydrogen-bond donors (Lipinski definition) is 0. The Morgan fingerprint density at radius 2 is 2.43 bits per heavy atom. The van der Waals surface area contributed by atoms with Gasteiger partial charge in [0.05, 0.1) is 19.3 Å². The van der Waals surface area contributed by atoms with Crippen LogP contribution < -0.4 is 0 Å². The molecule has 3 heteroatoms. The Morgan fingerprint density at radius 1 is 1.71 bits per heavy atom. The van der Waals surface area contributed by atoms with Gasteiger partial charge in [-0.05, 0) is 19.3 Å². The smallest absolute Gasteiger partial charge is 0.330 e. The van der Waals surface area contributed by atoms with E-state index in [1.165, 1.54) is 6.08 Å². The van der Waals surface area contributed by atoms with Crippen LogP contribution in [0.2, 0.25) is 0 Å². The van der Waals surface area contributed by atoms with E-state index in [9.17, 15) is 4.79 Å². The largest absolute Gasteiger partial charge is 0.463 e. The third-order valence-electron chi connectivity index (χ3n) is 2.44. The Bertz CT molecular complexity index is 207. The van der Waals surface area contributed by atoms with Gasteiger partial charge < -0.3 is 9.47 Å². The number of esters is 1. The second kappa shape index (κ2) is 5.81. The third kappa shape index (κ3) is 3.92. The molecule has 2 unspecified atom stereocenters. The molecule has 14 heavy (non-hydrogen) atoms. The average molecular weight is 198 g/mol. The van der Waals surface area contributed by atoms with E-state index in [0.717, 1.165) is 19.4 Å². The van der Waals surface area contributed by atoms with Gasteiger partial charge in [-0.3, -0.25) is 0 Å². The van der Waals surface area contributed by atoms with E-state index in [1.54, 1.807) is 13.0 Å². The monoisotopic (exact) mass is 198 g/mol. The van der Waals surface area contributed by atoms with Crippen molar-refractivity contribution >= 4 is 5.97 Å². The van der Waals surface area contributed by atoms with E-state index in [0.29, 0.717) is 18.6 Å². The number of carbonyl (C=O) groups is 1. The van der Waals surface area contributed by atoms with Gasteiger partial charge >= 0.3 is 5.97 Å². The zero-order chi connectivity index (χ0) is 10.4. The van der Waals surface area contributed by atoms with Crippen LogP contribution in [0.1, 0.15) is 26.7 Å². The molecule has 0 spiro atoms. The first-order valence-corrected chi connectivity index (χ1v) is 5.19. The summed E-state index contributed by atoms with van der Waals surface area (Å²) in [5, 5.41) is 0. The number of allylic oxidation sites excluding steroid dienone is 1. The summed E-state index contributed by atoms with van der Waals surface area (Å²) in [7, 11) is 0. The third-order valence-corrected chi connectivity index (χ3v) is 2.44. The molecule has 0 N–H and O–H groups in total. The van der Waals surface area contributed by atoms with E-state index in [1.807, 2.05) is 0 Å². The van der Waals surface area contributed by atoms with Crippen molar-refractivity contribution in [2.45, 2.75) is 32.8 Å². The molecule has 1 aliphatic rings. The highest BCUT2D eigenvalue weighted by atomic mass is 16.6. The van der Waals surface area contributed by atoms with Gasteiger partial charge in [-0.25, -0.2) is 4.79 Å². The molecule has 80 valence electrons. The summed E-state index contributed by atoms with van der Waals surface area (Å²) in [6, 6.07) is 0. The van der Waals surface area contributed by atoms with Crippen molar-refractivity contribution < 1.29 is 14.3 Å². The Kier molecular flexibility index (Phi) is 4.66. The molecule has 0 aromatic heterocycles. The van der Waals surface area contributed by atoms with Gasteiger partial charge in [-0.2, -0.15) is 0 Å². The lowest BCUT2D eigenvalue weighted by atomic mass is 10.00. The highest BCUT2D eigenvalue weighted by molar-refractivity contribution is 5.81. The molecule has 1 heterocycles. The SMILES string of the molecule is CC=CC(=O)OCCC(CC)C1CO1. The van der Waals surface area contributed by atoms with Crippen molar-refractivity contribution in [3.63, 3.8) is 0 Å². The predicted octanol–water partition coefficient (Wildman–Crippen LogP) is 1.92. The normalized spacial score (nSPS) is 22.3. The molecule has 1 saturated heterocycles. The van der Waals surface area contributed by atoms with Crippen molar-refractivity contribution in [2.75, 3.05) is 13.2 Å². The van der Waals surface area contributed by atoms with Crippen molar-refractivity contribution in [1.29, 1.82) is 0 Å². The van der Waals surface area contributed by atoms with Crippen LogP contribution in [-0.2, 0) is 14.3 Å². The van der Waals surface area contributed by atoms with Crippen molar-refractivity contribution in [3.05, 3.63) is 12.2 Å². The van der Waals surface area contributed by atoms with Gasteiger partial charge in [-0.15, -0.1) is 0 Å². The van der Waals surface area contributed by atoms with Crippen LogP contribution in [0.4, 0.5) is 0 Å². The average Bonchev–Trinajstić information content (AvgIpc) is 2.96. The molecule has 1 fully saturated rings. The summed E-state index contributed by atoms with van der Waals surface area (Å²) in [4.78, 5) is 11.0. The Hall–Kier alpha value is -0.830. The van der Waals surface area contributed by atoms with Gasteiger partial charge in [0.2, 0.25) is 0 Å². The molecule has 1 rings (SSSR count). The molecular weight excluding hydrogens is 180 g/mol. The zero-order valence-corrected chi connectivity index (χ0v) is 8.86. The minimum atomic E-state index is -0.251. The fraction of sp³-hybridized carbons (Fsp3) is 0.727. The summed E-state index contributed by atoms with van der Waals surface area (Å²) in [6.07, 6.45) is 5.54. The molecule has 2 atom stereocenters. The highest BCUT2D eigenvalue weighted by Crippen LogP contribution is 2.25. The topological polar surface area (TPSA) is 38.8 Å². The quantitative estimate of drug-likeness (QED) is 0.372. The first kappa shape index (κ1) is 11.2. The first-order valence-electron chi connectivity index (χ1n) is 5.19. The van der Waals surface area contributed by atoms with E-state index in [-0.39, 0.29) is 5.97 Å². The molecule has 3 nitrogen and oxygen atoms in total. The molecule has 1 aliphatic heterocycles. The minimum Gasteiger partial charge on any atom is -0.463 e. The second-order valence-corrected chi connectivity index (χ2v) is 3.50. The van der Waals surface area contributed by atoms with Gasteiger partial charge in [-0.1, -0.05) is 19.4 Å². The van der Waals surface area contributed by atoms with Crippen LogP contribution in [0.3, 0.4) is 0 Å². The van der Waals surface area contributed by atoms with E-state index >= 15 is 0 Å².